The molecule has 0 saturated heterocycles. The summed E-state index contributed by atoms with van der Waals surface area (Å²) in [4.78, 5) is 24.8. The van der Waals surface area contributed by atoms with Crippen LogP contribution >= 0.6 is 0 Å². The predicted molar refractivity (Wildman–Crippen MR) is 108 cm³/mol. The van der Waals surface area contributed by atoms with Crippen LogP contribution in [0.25, 0.3) is 0 Å². The van der Waals surface area contributed by atoms with Crippen LogP contribution in [0.4, 0.5) is 0 Å². The molecule has 3 nitrogen and oxygen atoms in total. The molecule has 3 aromatic carbocycles. The fourth-order valence-electron chi connectivity index (χ4n) is 2.99. The number of carbonyl (C=O) groups is 2. The van der Waals surface area contributed by atoms with E-state index >= 15 is 0 Å². The van der Waals surface area contributed by atoms with Gasteiger partial charge in [0.15, 0.2) is 5.78 Å². The zero-order valence-corrected chi connectivity index (χ0v) is 15.4. The van der Waals surface area contributed by atoms with E-state index in [1.807, 2.05) is 91.9 Å². The summed E-state index contributed by atoms with van der Waals surface area (Å²) >= 11 is 0. The van der Waals surface area contributed by atoms with E-state index in [-0.39, 0.29) is 30.6 Å². The standard InChI is InChI=1S/C24H23NO2/c1-18-12-14-19(15-13-18)22(26)16-17-23(27)25-24(20-8-4-2-5-9-20)21-10-6-3-7-11-21/h2-15,24H,16-17H2,1H3,(H,25,27). The highest BCUT2D eigenvalue weighted by molar-refractivity contribution is 5.98. The number of hydrogen-bond donors (Lipinski definition) is 1. The average molecular weight is 357 g/mol. The van der Waals surface area contributed by atoms with Gasteiger partial charge < -0.3 is 5.32 Å². The molecule has 3 heteroatoms. The lowest BCUT2D eigenvalue weighted by molar-refractivity contribution is -0.121. The SMILES string of the molecule is Cc1ccc(C(=O)CCC(=O)NC(c2ccccc2)c2ccccc2)cc1. The number of hydrogen-bond acceptors (Lipinski definition) is 2. The molecule has 0 spiro atoms. The van der Waals surface area contributed by atoms with Crippen molar-refractivity contribution in [3.05, 3.63) is 107 Å². The van der Waals surface area contributed by atoms with Crippen molar-refractivity contribution >= 4 is 11.7 Å². The molecule has 0 atom stereocenters. The van der Waals surface area contributed by atoms with Crippen molar-refractivity contribution in [3.8, 4) is 0 Å². The Bertz CT molecular complexity index is 847. The van der Waals surface area contributed by atoms with Crippen molar-refractivity contribution < 1.29 is 9.59 Å². The summed E-state index contributed by atoms with van der Waals surface area (Å²) in [6.07, 6.45) is 0.369. The van der Waals surface area contributed by atoms with Crippen LogP contribution in [-0.2, 0) is 4.79 Å². The van der Waals surface area contributed by atoms with Crippen LogP contribution in [0.5, 0.6) is 0 Å². The van der Waals surface area contributed by atoms with Crippen molar-refractivity contribution in [1.82, 2.24) is 5.32 Å². The number of Topliss-reactive ketones (excluding diaryl/α,β-unsaturated/α-hetero) is 1. The van der Waals surface area contributed by atoms with Gasteiger partial charge in [0.25, 0.3) is 0 Å². The molecule has 1 amide bonds. The Labute approximate surface area is 160 Å². The average Bonchev–Trinajstić information content (AvgIpc) is 2.72. The third-order valence-electron chi connectivity index (χ3n) is 4.52. The number of benzene rings is 3. The van der Waals surface area contributed by atoms with Crippen molar-refractivity contribution in [3.63, 3.8) is 0 Å². The van der Waals surface area contributed by atoms with Gasteiger partial charge in [-0.15, -0.1) is 0 Å². The first kappa shape index (κ1) is 18.6. The largest absolute Gasteiger partial charge is 0.345 e. The lowest BCUT2D eigenvalue weighted by Crippen LogP contribution is -2.29. The van der Waals surface area contributed by atoms with Crippen LogP contribution in [0, 0.1) is 6.92 Å². The van der Waals surface area contributed by atoms with Crippen LogP contribution in [0.3, 0.4) is 0 Å². The van der Waals surface area contributed by atoms with E-state index in [1.165, 1.54) is 0 Å². The Hall–Kier alpha value is -3.20. The summed E-state index contributed by atoms with van der Waals surface area (Å²) in [6, 6.07) is 26.9. The summed E-state index contributed by atoms with van der Waals surface area (Å²) in [5.74, 6) is -0.144. The Morgan fingerprint density at radius 2 is 1.26 bits per heavy atom. The van der Waals surface area contributed by atoms with Gasteiger partial charge in [0.05, 0.1) is 6.04 Å². The first-order chi connectivity index (χ1) is 13.1. The van der Waals surface area contributed by atoms with E-state index in [9.17, 15) is 9.59 Å². The number of aryl methyl sites for hydroxylation is 1. The Kier molecular flexibility index (Phi) is 6.16. The molecule has 0 unspecified atom stereocenters. The lowest BCUT2D eigenvalue weighted by atomic mass is 9.98. The molecule has 3 rings (SSSR count). The highest BCUT2D eigenvalue weighted by Gasteiger charge is 2.17. The van der Waals surface area contributed by atoms with Gasteiger partial charge >= 0.3 is 0 Å². The summed E-state index contributed by atoms with van der Waals surface area (Å²) in [7, 11) is 0. The molecule has 0 aliphatic carbocycles. The molecule has 27 heavy (non-hydrogen) atoms. The molecule has 0 aliphatic heterocycles. The fourth-order valence-corrected chi connectivity index (χ4v) is 2.99. The summed E-state index contributed by atoms with van der Waals surface area (Å²) in [6.45, 7) is 1.98. The maximum absolute atomic E-state index is 12.5. The quantitative estimate of drug-likeness (QED) is 0.614. The molecule has 3 aromatic rings. The number of nitrogens with one attached hydrogen (secondary N) is 1. The summed E-state index contributed by atoms with van der Waals surface area (Å²) in [5, 5.41) is 3.07. The van der Waals surface area contributed by atoms with E-state index in [0.29, 0.717) is 5.56 Å². The molecule has 136 valence electrons. The van der Waals surface area contributed by atoms with Gasteiger partial charge in [-0.05, 0) is 18.1 Å². The summed E-state index contributed by atoms with van der Waals surface area (Å²) in [5.41, 5.74) is 3.79. The third-order valence-corrected chi connectivity index (χ3v) is 4.52. The monoisotopic (exact) mass is 357 g/mol. The maximum Gasteiger partial charge on any atom is 0.221 e. The molecule has 0 radical (unpaired) electrons. The first-order valence-corrected chi connectivity index (χ1v) is 9.12. The minimum Gasteiger partial charge on any atom is -0.345 e. The molecular weight excluding hydrogens is 334 g/mol. The van der Waals surface area contributed by atoms with Gasteiger partial charge in [-0.3, -0.25) is 9.59 Å². The van der Waals surface area contributed by atoms with Gasteiger partial charge in [-0.1, -0.05) is 90.5 Å². The molecule has 0 heterocycles. The van der Waals surface area contributed by atoms with E-state index in [1.54, 1.807) is 0 Å². The molecule has 0 saturated carbocycles. The number of amides is 1. The zero-order valence-electron chi connectivity index (χ0n) is 15.4. The molecule has 0 aromatic heterocycles. The number of rotatable bonds is 7. The Morgan fingerprint density at radius 1 is 0.741 bits per heavy atom. The van der Waals surface area contributed by atoms with Gasteiger partial charge in [-0.2, -0.15) is 0 Å². The second-order valence-corrected chi connectivity index (χ2v) is 6.61. The minimum atomic E-state index is -0.227. The van der Waals surface area contributed by atoms with Crippen molar-refractivity contribution in [2.45, 2.75) is 25.8 Å². The molecule has 0 bridgehead atoms. The van der Waals surface area contributed by atoms with Gasteiger partial charge in [0.2, 0.25) is 5.91 Å². The fraction of sp³-hybridized carbons (Fsp3) is 0.167. The second kappa shape index (κ2) is 8.95. The van der Waals surface area contributed by atoms with E-state index < -0.39 is 0 Å². The smallest absolute Gasteiger partial charge is 0.221 e. The van der Waals surface area contributed by atoms with Gasteiger partial charge in [0, 0.05) is 18.4 Å². The van der Waals surface area contributed by atoms with Crippen LogP contribution < -0.4 is 5.32 Å². The van der Waals surface area contributed by atoms with Crippen LogP contribution in [-0.4, -0.2) is 11.7 Å². The Balaban J connectivity index is 1.66. The highest BCUT2D eigenvalue weighted by atomic mass is 16.2. The Morgan fingerprint density at radius 3 is 1.78 bits per heavy atom. The second-order valence-electron chi connectivity index (χ2n) is 6.61. The highest BCUT2D eigenvalue weighted by Crippen LogP contribution is 2.22. The zero-order chi connectivity index (χ0) is 19.1. The summed E-state index contributed by atoms with van der Waals surface area (Å²) < 4.78 is 0. The van der Waals surface area contributed by atoms with Crippen LogP contribution in [0.15, 0.2) is 84.9 Å². The van der Waals surface area contributed by atoms with E-state index in [4.69, 9.17) is 0 Å². The van der Waals surface area contributed by atoms with E-state index in [2.05, 4.69) is 5.32 Å². The van der Waals surface area contributed by atoms with E-state index in [0.717, 1.165) is 16.7 Å². The number of carbonyl (C=O) groups excluding carboxylic acids is 2. The lowest BCUT2D eigenvalue weighted by Gasteiger charge is -2.20. The molecule has 1 N–H and O–H groups in total. The molecule has 0 fully saturated rings. The van der Waals surface area contributed by atoms with Crippen molar-refractivity contribution in [1.29, 1.82) is 0 Å². The third kappa shape index (κ3) is 5.14. The first-order valence-electron chi connectivity index (χ1n) is 9.12. The van der Waals surface area contributed by atoms with Gasteiger partial charge in [0.1, 0.15) is 0 Å². The van der Waals surface area contributed by atoms with Crippen molar-refractivity contribution in [2.24, 2.45) is 0 Å². The van der Waals surface area contributed by atoms with Crippen molar-refractivity contribution in [2.75, 3.05) is 0 Å². The molecular formula is C24H23NO2. The predicted octanol–water partition coefficient (Wildman–Crippen LogP) is 4.86. The van der Waals surface area contributed by atoms with Gasteiger partial charge in [-0.25, -0.2) is 0 Å². The minimum absolute atomic E-state index is 0.0128. The maximum atomic E-state index is 12.5. The normalized spacial score (nSPS) is 10.6. The van der Waals surface area contributed by atoms with Crippen LogP contribution in [0.2, 0.25) is 0 Å². The topological polar surface area (TPSA) is 46.2 Å². The molecule has 0 aliphatic rings. The number of ketones is 1. The van der Waals surface area contributed by atoms with Crippen LogP contribution in [0.1, 0.15) is 45.9 Å².